The average molecular weight is 327 g/mol. The van der Waals surface area contributed by atoms with E-state index < -0.39 is 5.97 Å². The standard InChI is InChI=1S/C20H23O4/c1-3-4-6-11-16-12-17(21)13-18(23-2)19(16)20(22)24-14-15-9-7-5-8-10-15/h5,7-10,13,21H,3-4,6,11,14H2,1-2H3. The molecule has 0 aliphatic rings. The number of aromatic hydroxyl groups is 1. The van der Waals surface area contributed by atoms with Crippen molar-refractivity contribution in [2.75, 3.05) is 7.11 Å². The zero-order valence-electron chi connectivity index (χ0n) is 14.2. The molecule has 0 heterocycles. The molecule has 0 spiro atoms. The second kappa shape index (κ2) is 8.96. The second-order valence-electron chi connectivity index (χ2n) is 5.60. The number of ether oxygens (including phenoxy) is 2. The summed E-state index contributed by atoms with van der Waals surface area (Å²) in [5.74, 6) is -0.174. The highest BCUT2D eigenvalue weighted by Gasteiger charge is 2.20. The Morgan fingerprint density at radius 3 is 2.62 bits per heavy atom. The lowest BCUT2D eigenvalue weighted by Crippen LogP contribution is -2.11. The average Bonchev–Trinajstić information content (AvgIpc) is 2.60. The van der Waals surface area contributed by atoms with E-state index in [4.69, 9.17) is 9.47 Å². The Labute approximate surface area is 143 Å². The van der Waals surface area contributed by atoms with E-state index in [9.17, 15) is 9.90 Å². The number of hydrogen-bond donors (Lipinski definition) is 1. The molecule has 0 saturated carbocycles. The van der Waals surface area contributed by atoms with Crippen LogP contribution in [0.25, 0.3) is 0 Å². The van der Waals surface area contributed by atoms with Crippen LogP contribution >= 0.6 is 0 Å². The monoisotopic (exact) mass is 327 g/mol. The third kappa shape index (κ3) is 4.75. The van der Waals surface area contributed by atoms with E-state index in [1.54, 1.807) is 0 Å². The molecule has 0 fully saturated rings. The SMILES string of the molecule is CCCCCc1[c]c(O)cc(OC)c1C(=O)OCc1ccccc1. The minimum atomic E-state index is -0.460. The van der Waals surface area contributed by atoms with Crippen LogP contribution in [0, 0.1) is 6.07 Å². The van der Waals surface area contributed by atoms with Crippen molar-refractivity contribution in [2.24, 2.45) is 0 Å². The highest BCUT2D eigenvalue weighted by molar-refractivity contribution is 5.94. The Balaban J connectivity index is 2.20. The fraction of sp³-hybridized carbons (Fsp3) is 0.350. The number of hydrogen-bond acceptors (Lipinski definition) is 4. The molecule has 4 nitrogen and oxygen atoms in total. The third-order valence-corrected chi connectivity index (χ3v) is 3.76. The molecule has 0 aliphatic heterocycles. The molecule has 0 saturated heterocycles. The van der Waals surface area contributed by atoms with Gasteiger partial charge in [-0.25, -0.2) is 4.79 Å². The van der Waals surface area contributed by atoms with Crippen molar-refractivity contribution in [3.05, 3.63) is 59.2 Å². The number of benzene rings is 2. The molecule has 2 rings (SSSR count). The maximum atomic E-state index is 12.6. The Morgan fingerprint density at radius 2 is 1.96 bits per heavy atom. The van der Waals surface area contributed by atoms with E-state index in [1.165, 1.54) is 13.2 Å². The van der Waals surface area contributed by atoms with Crippen LogP contribution in [0.15, 0.2) is 36.4 Å². The van der Waals surface area contributed by atoms with Gasteiger partial charge in [0.2, 0.25) is 0 Å². The summed E-state index contributed by atoms with van der Waals surface area (Å²) in [7, 11) is 1.47. The Kier molecular flexibility index (Phi) is 6.67. The van der Waals surface area contributed by atoms with Crippen LogP contribution in [0.4, 0.5) is 0 Å². The van der Waals surface area contributed by atoms with Crippen LogP contribution < -0.4 is 4.74 Å². The predicted molar refractivity (Wildman–Crippen MR) is 92.3 cm³/mol. The van der Waals surface area contributed by atoms with Crippen molar-refractivity contribution in [3.63, 3.8) is 0 Å². The first-order valence-corrected chi connectivity index (χ1v) is 8.19. The van der Waals surface area contributed by atoms with Crippen LogP contribution in [0.2, 0.25) is 0 Å². The predicted octanol–water partition coefficient (Wildman–Crippen LogP) is 4.29. The molecule has 4 heteroatoms. The summed E-state index contributed by atoms with van der Waals surface area (Å²) < 4.78 is 10.7. The summed E-state index contributed by atoms with van der Waals surface area (Å²) in [5.41, 5.74) is 1.90. The largest absolute Gasteiger partial charge is 0.507 e. The Morgan fingerprint density at radius 1 is 1.21 bits per heavy atom. The van der Waals surface area contributed by atoms with E-state index in [1.807, 2.05) is 30.3 Å². The number of aryl methyl sites for hydroxylation is 1. The smallest absolute Gasteiger partial charge is 0.342 e. The minimum Gasteiger partial charge on any atom is -0.507 e. The molecular weight excluding hydrogens is 304 g/mol. The van der Waals surface area contributed by atoms with Gasteiger partial charge in [-0.1, -0.05) is 50.1 Å². The van der Waals surface area contributed by atoms with E-state index in [0.717, 1.165) is 24.8 Å². The van der Waals surface area contributed by atoms with E-state index in [-0.39, 0.29) is 12.4 Å². The molecule has 2 aromatic rings. The van der Waals surface area contributed by atoms with Gasteiger partial charge in [0.25, 0.3) is 0 Å². The summed E-state index contributed by atoms with van der Waals surface area (Å²) in [4.78, 5) is 12.6. The molecule has 0 unspecified atom stereocenters. The normalized spacial score (nSPS) is 10.4. The molecule has 0 aliphatic carbocycles. The van der Waals surface area contributed by atoms with Crippen LogP contribution in [0.3, 0.4) is 0 Å². The second-order valence-corrected chi connectivity index (χ2v) is 5.60. The molecule has 24 heavy (non-hydrogen) atoms. The van der Waals surface area contributed by atoms with Gasteiger partial charge in [-0.05, 0) is 24.0 Å². The van der Waals surface area contributed by atoms with Gasteiger partial charge in [0.05, 0.1) is 7.11 Å². The summed E-state index contributed by atoms with van der Waals surface area (Å²) in [6.07, 6.45) is 3.68. The summed E-state index contributed by atoms with van der Waals surface area (Å²) in [6.45, 7) is 2.31. The van der Waals surface area contributed by atoms with Gasteiger partial charge >= 0.3 is 5.97 Å². The number of rotatable bonds is 8. The molecule has 1 N–H and O–H groups in total. The number of carbonyl (C=O) groups excluding carboxylic acids is 1. The molecule has 0 aromatic heterocycles. The van der Waals surface area contributed by atoms with Crippen molar-refractivity contribution < 1.29 is 19.4 Å². The van der Waals surface area contributed by atoms with E-state index in [2.05, 4.69) is 13.0 Å². The molecule has 0 atom stereocenters. The maximum absolute atomic E-state index is 12.6. The molecule has 0 bridgehead atoms. The summed E-state index contributed by atoms with van der Waals surface area (Å²) in [5, 5.41) is 9.81. The lowest BCUT2D eigenvalue weighted by atomic mass is 10.00. The van der Waals surface area contributed by atoms with Crippen molar-refractivity contribution in [1.29, 1.82) is 0 Å². The first-order chi connectivity index (χ1) is 11.7. The minimum absolute atomic E-state index is 0.0297. The van der Waals surface area contributed by atoms with Crippen LogP contribution in [0.1, 0.15) is 47.7 Å². The van der Waals surface area contributed by atoms with Gasteiger partial charge < -0.3 is 14.6 Å². The Hall–Kier alpha value is -2.49. The molecular formula is C20H23O4. The Bertz CT molecular complexity index is 665. The van der Waals surface area contributed by atoms with Crippen LogP contribution in [0.5, 0.6) is 11.5 Å². The number of phenols is 1. The third-order valence-electron chi connectivity index (χ3n) is 3.76. The molecule has 2 aromatic carbocycles. The fourth-order valence-corrected chi connectivity index (χ4v) is 2.52. The van der Waals surface area contributed by atoms with Crippen molar-refractivity contribution in [1.82, 2.24) is 0 Å². The van der Waals surface area contributed by atoms with Crippen LogP contribution in [-0.4, -0.2) is 18.2 Å². The number of methoxy groups -OCH3 is 1. The zero-order chi connectivity index (χ0) is 17.4. The highest BCUT2D eigenvalue weighted by Crippen LogP contribution is 2.30. The van der Waals surface area contributed by atoms with Gasteiger partial charge in [-0.2, -0.15) is 0 Å². The van der Waals surface area contributed by atoms with Crippen molar-refractivity contribution in [3.8, 4) is 11.5 Å². The van der Waals surface area contributed by atoms with Crippen molar-refractivity contribution in [2.45, 2.75) is 39.2 Å². The van der Waals surface area contributed by atoms with Gasteiger partial charge in [0, 0.05) is 12.1 Å². The first kappa shape index (κ1) is 17.9. The first-order valence-electron chi connectivity index (χ1n) is 8.19. The maximum Gasteiger partial charge on any atom is 0.342 e. The number of carbonyl (C=O) groups is 1. The molecule has 0 amide bonds. The number of unbranched alkanes of at least 4 members (excludes halogenated alkanes) is 2. The lowest BCUT2D eigenvalue weighted by Gasteiger charge is -2.14. The van der Waals surface area contributed by atoms with Crippen molar-refractivity contribution >= 4 is 5.97 Å². The lowest BCUT2D eigenvalue weighted by molar-refractivity contribution is 0.0467. The molecule has 1 radical (unpaired) electrons. The molecule has 127 valence electrons. The summed E-state index contributed by atoms with van der Waals surface area (Å²) >= 11 is 0. The van der Waals surface area contributed by atoms with Gasteiger partial charge in [-0.15, -0.1) is 0 Å². The topological polar surface area (TPSA) is 55.8 Å². The van der Waals surface area contributed by atoms with E-state index in [0.29, 0.717) is 23.3 Å². The fourth-order valence-electron chi connectivity index (χ4n) is 2.52. The number of esters is 1. The quantitative estimate of drug-likeness (QED) is 0.580. The van der Waals surface area contributed by atoms with Gasteiger partial charge in [-0.3, -0.25) is 0 Å². The van der Waals surface area contributed by atoms with Crippen LogP contribution in [-0.2, 0) is 17.8 Å². The van der Waals surface area contributed by atoms with Gasteiger partial charge in [0.1, 0.15) is 23.7 Å². The summed E-state index contributed by atoms with van der Waals surface area (Å²) in [6, 6.07) is 13.8. The number of phenolic OH excluding ortho intramolecular Hbond substituents is 1. The zero-order valence-corrected chi connectivity index (χ0v) is 14.2. The van der Waals surface area contributed by atoms with E-state index >= 15 is 0 Å². The van der Waals surface area contributed by atoms with Gasteiger partial charge in [0.15, 0.2) is 0 Å². The highest BCUT2D eigenvalue weighted by atomic mass is 16.5.